The van der Waals surface area contributed by atoms with E-state index in [2.05, 4.69) is 132 Å². The summed E-state index contributed by atoms with van der Waals surface area (Å²) in [4.78, 5) is 2.55. The van der Waals surface area contributed by atoms with Crippen LogP contribution in [-0.2, 0) is 0 Å². The monoisotopic (exact) mass is 575 g/mol. The van der Waals surface area contributed by atoms with E-state index >= 15 is 0 Å². The van der Waals surface area contributed by atoms with Crippen LogP contribution in [0.4, 0.5) is 5.69 Å². The van der Waals surface area contributed by atoms with Crippen molar-refractivity contribution in [1.29, 1.82) is 0 Å². The lowest BCUT2D eigenvalue weighted by atomic mass is 9.86. The van der Waals surface area contributed by atoms with Crippen LogP contribution in [0.15, 0.2) is 139 Å². The molecule has 3 aliphatic carbocycles. The van der Waals surface area contributed by atoms with Crippen LogP contribution >= 0.6 is 0 Å². The van der Waals surface area contributed by atoms with E-state index in [1.165, 1.54) is 92.9 Å². The Morgan fingerprint density at radius 3 is 2.00 bits per heavy atom. The van der Waals surface area contributed by atoms with Gasteiger partial charge in [0.05, 0.1) is 0 Å². The Morgan fingerprint density at radius 2 is 1.24 bits per heavy atom. The summed E-state index contributed by atoms with van der Waals surface area (Å²) in [6.45, 7) is 0. The number of hydrogen-bond acceptors (Lipinski definition) is 1. The van der Waals surface area contributed by atoms with Gasteiger partial charge in [0, 0.05) is 17.1 Å². The second-order valence-corrected chi connectivity index (χ2v) is 12.9. The van der Waals surface area contributed by atoms with Crippen molar-refractivity contribution >= 4 is 75.9 Å². The number of fused-ring (bicyclic) bond motifs is 7. The summed E-state index contributed by atoms with van der Waals surface area (Å²) in [6, 6.07) is 28.0. The highest BCUT2D eigenvalue weighted by atomic mass is 15.2. The Labute approximate surface area is 263 Å². The summed E-state index contributed by atoms with van der Waals surface area (Å²) in [6.07, 6.45) is 27.4. The summed E-state index contributed by atoms with van der Waals surface area (Å²) in [5.41, 5.74) is 6.81. The molecule has 45 heavy (non-hydrogen) atoms. The zero-order valence-corrected chi connectivity index (χ0v) is 25.3. The zero-order chi connectivity index (χ0) is 29.5. The molecule has 0 aliphatic heterocycles. The van der Waals surface area contributed by atoms with Crippen molar-refractivity contribution in [2.24, 2.45) is 0 Å². The highest BCUT2D eigenvalue weighted by Crippen LogP contribution is 2.53. The van der Waals surface area contributed by atoms with Crippen LogP contribution in [0, 0.1) is 0 Å². The molecule has 0 aromatic heterocycles. The molecule has 1 heteroatoms. The number of hydrogen-bond donors (Lipinski definition) is 0. The summed E-state index contributed by atoms with van der Waals surface area (Å²) in [5.74, 6) is 0. The van der Waals surface area contributed by atoms with Crippen LogP contribution in [0.1, 0.15) is 44.1 Å². The minimum atomic E-state index is 1.04. The van der Waals surface area contributed by atoms with Crippen molar-refractivity contribution in [2.75, 3.05) is 4.90 Å². The molecular formula is C44H33N. The van der Waals surface area contributed by atoms with Gasteiger partial charge in [-0.05, 0) is 139 Å². The van der Waals surface area contributed by atoms with Gasteiger partial charge in [-0.15, -0.1) is 0 Å². The van der Waals surface area contributed by atoms with Crippen molar-refractivity contribution in [2.45, 2.75) is 38.5 Å². The third-order valence-corrected chi connectivity index (χ3v) is 10.4. The Morgan fingerprint density at radius 1 is 0.511 bits per heavy atom. The molecule has 0 amide bonds. The quantitative estimate of drug-likeness (QED) is 0.202. The van der Waals surface area contributed by atoms with Gasteiger partial charge >= 0.3 is 0 Å². The van der Waals surface area contributed by atoms with Gasteiger partial charge in [-0.25, -0.2) is 0 Å². The lowest BCUT2D eigenvalue weighted by molar-refractivity contribution is 0.888. The first-order valence-electron chi connectivity index (χ1n) is 16.6. The fraction of sp³-hybridized carbons (Fsp3) is 0.136. The molecule has 214 valence electrons. The average Bonchev–Trinajstić information content (AvgIpc) is 3.61. The summed E-state index contributed by atoms with van der Waals surface area (Å²) in [7, 11) is 0. The van der Waals surface area contributed by atoms with Crippen LogP contribution in [0.2, 0.25) is 0 Å². The van der Waals surface area contributed by atoms with Gasteiger partial charge in [-0.3, -0.25) is 0 Å². The number of benzene rings is 5. The smallest absolute Gasteiger partial charge is 0.0471 e. The molecule has 0 bridgehead atoms. The maximum atomic E-state index is 2.55. The van der Waals surface area contributed by atoms with E-state index in [-0.39, 0.29) is 0 Å². The van der Waals surface area contributed by atoms with Gasteiger partial charge in [-0.2, -0.15) is 0 Å². The molecule has 0 unspecified atom stereocenters. The normalized spacial score (nSPS) is 16.9. The number of nitrogens with zero attached hydrogens (tertiary/aromatic N) is 1. The fourth-order valence-corrected chi connectivity index (χ4v) is 8.61. The molecule has 1 nitrogen and oxygen atoms in total. The van der Waals surface area contributed by atoms with E-state index in [0.29, 0.717) is 0 Å². The molecule has 10 rings (SSSR count). The topological polar surface area (TPSA) is 3.24 Å². The highest BCUT2D eigenvalue weighted by molar-refractivity contribution is 6.47. The molecule has 0 fully saturated rings. The first kappa shape index (κ1) is 25.2. The third kappa shape index (κ3) is 3.56. The molecule has 0 saturated carbocycles. The van der Waals surface area contributed by atoms with Gasteiger partial charge in [0.15, 0.2) is 0 Å². The Bertz CT molecular complexity index is 2520. The Hall–Kier alpha value is -5.14. The first-order valence-corrected chi connectivity index (χ1v) is 16.6. The van der Waals surface area contributed by atoms with Crippen molar-refractivity contribution in [3.63, 3.8) is 0 Å². The Balaban J connectivity index is 1.45. The van der Waals surface area contributed by atoms with Crippen molar-refractivity contribution in [3.05, 3.63) is 144 Å². The predicted molar refractivity (Wildman–Crippen MR) is 196 cm³/mol. The maximum absolute atomic E-state index is 2.55. The van der Waals surface area contributed by atoms with Crippen LogP contribution in [0.25, 0.3) is 70.2 Å². The van der Waals surface area contributed by atoms with Crippen LogP contribution in [0.5, 0.6) is 0 Å². The maximum Gasteiger partial charge on any atom is 0.0471 e. The summed E-state index contributed by atoms with van der Waals surface area (Å²) >= 11 is 0. The molecule has 7 aromatic carbocycles. The van der Waals surface area contributed by atoms with E-state index in [0.717, 1.165) is 38.5 Å². The van der Waals surface area contributed by atoms with Gasteiger partial charge < -0.3 is 4.90 Å². The largest absolute Gasteiger partial charge is 0.315 e. The van der Waals surface area contributed by atoms with Gasteiger partial charge in [0.2, 0.25) is 0 Å². The number of allylic oxidation sites excluding steroid dienone is 11. The predicted octanol–water partition coefficient (Wildman–Crippen LogP) is 12.5. The van der Waals surface area contributed by atoms with E-state index < -0.39 is 0 Å². The molecule has 0 atom stereocenters. The second kappa shape index (κ2) is 9.68. The minimum absolute atomic E-state index is 1.04. The first-order chi connectivity index (χ1) is 22.4. The zero-order valence-electron chi connectivity index (χ0n) is 25.3. The molecule has 3 aliphatic rings. The van der Waals surface area contributed by atoms with Crippen molar-refractivity contribution in [3.8, 4) is 0 Å². The van der Waals surface area contributed by atoms with Gasteiger partial charge in [-0.1, -0.05) is 103 Å². The SMILES string of the molecule is C1=CCCC(c2c3cc(N(C4=CCCC=C4)C4=CC=CCC4)cc4c5ccccc5c(c34)c3c4cccc5cccc(c23)c54)=C1. The van der Waals surface area contributed by atoms with E-state index in [9.17, 15) is 0 Å². The third-order valence-electron chi connectivity index (χ3n) is 10.4. The van der Waals surface area contributed by atoms with Crippen LogP contribution in [-0.4, -0.2) is 0 Å². The molecule has 0 heterocycles. The molecule has 0 radical (unpaired) electrons. The summed E-state index contributed by atoms with van der Waals surface area (Å²) in [5, 5.41) is 16.6. The summed E-state index contributed by atoms with van der Waals surface area (Å²) < 4.78 is 0. The molecular weight excluding hydrogens is 542 g/mol. The number of anilines is 1. The van der Waals surface area contributed by atoms with Gasteiger partial charge in [0.1, 0.15) is 0 Å². The fourth-order valence-electron chi connectivity index (χ4n) is 8.61. The lowest BCUT2D eigenvalue weighted by Crippen LogP contribution is -2.22. The second-order valence-electron chi connectivity index (χ2n) is 12.9. The van der Waals surface area contributed by atoms with Gasteiger partial charge in [0.25, 0.3) is 0 Å². The standard InChI is InChI=1S/C44H33N/c1-4-14-29(15-5-1)40-38-27-32(45(30-18-6-2-7-19-30)31-20-8-3-9-21-31)26-37-33-22-10-11-23-34(33)42(41(37)38)44-36-25-13-17-28-16-12-24-35(39(28)36)43(40)44/h1-2,4,6,8,10-14,16-18,20-27H,3,5,7,9,15,19H2. The van der Waals surface area contributed by atoms with E-state index in [1.54, 1.807) is 0 Å². The highest BCUT2D eigenvalue weighted by Gasteiger charge is 2.27. The van der Waals surface area contributed by atoms with Crippen LogP contribution < -0.4 is 4.90 Å². The molecule has 0 N–H and O–H groups in total. The lowest BCUT2D eigenvalue weighted by Gasteiger charge is -2.31. The number of rotatable bonds is 4. The van der Waals surface area contributed by atoms with E-state index in [1.807, 2.05) is 0 Å². The van der Waals surface area contributed by atoms with Crippen molar-refractivity contribution < 1.29 is 0 Å². The molecule has 7 aromatic rings. The van der Waals surface area contributed by atoms with Crippen molar-refractivity contribution in [1.82, 2.24) is 0 Å². The minimum Gasteiger partial charge on any atom is -0.315 e. The molecule has 0 saturated heterocycles. The molecule has 0 spiro atoms. The van der Waals surface area contributed by atoms with E-state index in [4.69, 9.17) is 0 Å². The average molecular weight is 576 g/mol. The Kier molecular flexibility index (Phi) is 5.42. The van der Waals surface area contributed by atoms with Crippen LogP contribution in [0.3, 0.4) is 0 Å².